The van der Waals surface area contributed by atoms with Crippen molar-refractivity contribution in [1.82, 2.24) is 0 Å². The Kier molecular flexibility index (Phi) is 3.93. The van der Waals surface area contributed by atoms with E-state index in [0.717, 1.165) is 4.47 Å². The minimum absolute atomic E-state index is 0.0931. The van der Waals surface area contributed by atoms with Crippen molar-refractivity contribution in [1.29, 1.82) is 0 Å². The number of benzene rings is 1. The summed E-state index contributed by atoms with van der Waals surface area (Å²) in [5.74, 6) is -0.105. The molecule has 18 heavy (non-hydrogen) atoms. The van der Waals surface area contributed by atoms with Crippen LogP contribution in [0.15, 0.2) is 39.4 Å². The lowest BCUT2D eigenvalue weighted by atomic mass is 10.3. The zero-order chi connectivity index (χ0) is 13.1. The fraction of sp³-hybridized carbons (Fsp3) is 0.0833. The van der Waals surface area contributed by atoms with Crippen LogP contribution in [0, 0.1) is 0 Å². The van der Waals surface area contributed by atoms with Gasteiger partial charge in [-0.3, -0.25) is 0 Å². The van der Waals surface area contributed by atoms with E-state index in [4.69, 9.17) is 25.9 Å². The maximum absolute atomic E-state index is 10.7. The first-order valence-electron chi connectivity index (χ1n) is 4.95. The lowest BCUT2D eigenvalue weighted by molar-refractivity contribution is 0.0696. The van der Waals surface area contributed by atoms with Crippen molar-refractivity contribution >= 4 is 33.5 Å². The summed E-state index contributed by atoms with van der Waals surface area (Å²) in [4.78, 5) is 10.7. The molecule has 1 aromatic carbocycles. The molecular formula is C12H8BrClO4. The molecule has 94 valence electrons. The lowest BCUT2D eigenvalue weighted by Gasteiger charge is -2.06. The van der Waals surface area contributed by atoms with Crippen LogP contribution in [0.2, 0.25) is 5.02 Å². The van der Waals surface area contributed by atoms with Crippen molar-refractivity contribution in [3.8, 4) is 5.75 Å². The molecule has 0 aliphatic heterocycles. The molecule has 0 bridgehead atoms. The number of aromatic carboxylic acids is 1. The second-order valence-corrected chi connectivity index (χ2v) is 4.79. The number of halogens is 2. The van der Waals surface area contributed by atoms with Crippen LogP contribution in [0.4, 0.5) is 0 Å². The van der Waals surface area contributed by atoms with Gasteiger partial charge in [-0.2, -0.15) is 0 Å². The minimum atomic E-state index is -1.04. The summed E-state index contributed by atoms with van der Waals surface area (Å²) >= 11 is 9.26. The number of carbonyl (C=O) groups is 1. The maximum atomic E-state index is 10.7. The molecule has 1 N–H and O–H groups in total. The third-order valence-corrected chi connectivity index (χ3v) is 2.95. The van der Waals surface area contributed by atoms with Gasteiger partial charge in [0.15, 0.2) is 0 Å². The van der Waals surface area contributed by atoms with Crippen LogP contribution in [-0.4, -0.2) is 11.1 Å². The first kappa shape index (κ1) is 13.0. The van der Waals surface area contributed by atoms with Gasteiger partial charge in [-0.25, -0.2) is 4.79 Å². The number of rotatable bonds is 4. The molecule has 6 heteroatoms. The molecule has 0 amide bonds. The second-order valence-electron chi connectivity index (χ2n) is 3.47. The molecule has 1 heterocycles. The third kappa shape index (κ3) is 3.05. The largest absolute Gasteiger partial charge is 0.484 e. The lowest BCUT2D eigenvalue weighted by Crippen LogP contribution is -1.95. The smallest absolute Gasteiger partial charge is 0.338 e. The Hall–Kier alpha value is -1.46. The van der Waals surface area contributed by atoms with Gasteiger partial charge in [0.2, 0.25) is 0 Å². The summed E-state index contributed by atoms with van der Waals surface area (Å²) in [5.41, 5.74) is 0.0931. The van der Waals surface area contributed by atoms with E-state index in [2.05, 4.69) is 15.9 Å². The van der Waals surface area contributed by atoms with Crippen molar-refractivity contribution in [2.45, 2.75) is 6.61 Å². The summed E-state index contributed by atoms with van der Waals surface area (Å²) in [6, 6.07) is 6.64. The van der Waals surface area contributed by atoms with Gasteiger partial charge >= 0.3 is 5.97 Å². The third-order valence-electron chi connectivity index (χ3n) is 2.16. The number of furan rings is 1. The summed E-state index contributed by atoms with van der Waals surface area (Å²) in [5, 5.41) is 9.20. The van der Waals surface area contributed by atoms with E-state index in [1.807, 2.05) is 0 Å². The number of carboxylic acid groups (broad SMARTS) is 1. The first-order chi connectivity index (χ1) is 8.56. The average molecular weight is 332 g/mol. The fourth-order valence-electron chi connectivity index (χ4n) is 1.31. The monoisotopic (exact) mass is 330 g/mol. The molecule has 0 spiro atoms. The van der Waals surface area contributed by atoms with E-state index >= 15 is 0 Å². The predicted octanol–water partition coefficient (Wildman–Crippen LogP) is 3.97. The van der Waals surface area contributed by atoms with Gasteiger partial charge in [-0.05, 0) is 24.3 Å². The van der Waals surface area contributed by atoms with Crippen LogP contribution in [-0.2, 0) is 6.61 Å². The van der Waals surface area contributed by atoms with Crippen LogP contribution in [0.5, 0.6) is 5.75 Å². The molecule has 0 atom stereocenters. The highest BCUT2D eigenvalue weighted by atomic mass is 79.9. The van der Waals surface area contributed by atoms with Gasteiger partial charge in [-0.1, -0.05) is 27.5 Å². The van der Waals surface area contributed by atoms with Crippen LogP contribution in [0.3, 0.4) is 0 Å². The quantitative estimate of drug-likeness (QED) is 0.921. The van der Waals surface area contributed by atoms with Crippen LogP contribution in [0.25, 0.3) is 0 Å². The molecule has 0 saturated heterocycles. The van der Waals surface area contributed by atoms with E-state index in [9.17, 15) is 4.79 Å². The highest BCUT2D eigenvalue weighted by Gasteiger charge is 2.09. The van der Waals surface area contributed by atoms with Gasteiger partial charge < -0.3 is 14.3 Å². The van der Waals surface area contributed by atoms with Gasteiger partial charge in [0.25, 0.3) is 0 Å². The van der Waals surface area contributed by atoms with Crippen LogP contribution < -0.4 is 4.74 Å². The minimum Gasteiger partial charge on any atom is -0.484 e. The summed E-state index contributed by atoms with van der Waals surface area (Å²) < 4.78 is 11.3. The SMILES string of the molecule is O=C(O)c1coc(COc2ccc(Br)cc2Cl)c1. The summed E-state index contributed by atoms with van der Waals surface area (Å²) in [7, 11) is 0. The molecule has 4 nitrogen and oxygen atoms in total. The molecule has 0 aliphatic rings. The molecule has 2 rings (SSSR count). The maximum Gasteiger partial charge on any atom is 0.338 e. The normalized spacial score (nSPS) is 10.3. The number of carboxylic acids is 1. The van der Waals surface area contributed by atoms with E-state index in [1.165, 1.54) is 12.3 Å². The Morgan fingerprint density at radius 1 is 1.44 bits per heavy atom. The average Bonchev–Trinajstić information content (AvgIpc) is 2.76. The summed E-state index contributed by atoms with van der Waals surface area (Å²) in [6.07, 6.45) is 1.17. The van der Waals surface area contributed by atoms with Gasteiger partial charge in [0.1, 0.15) is 24.4 Å². The highest BCUT2D eigenvalue weighted by Crippen LogP contribution is 2.28. The molecule has 0 unspecified atom stereocenters. The van der Waals surface area contributed by atoms with E-state index in [0.29, 0.717) is 16.5 Å². The van der Waals surface area contributed by atoms with Crippen molar-refractivity contribution < 1.29 is 19.1 Å². The van der Waals surface area contributed by atoms with Crippen molar-refractivity contribution in [2.75, 3.05) is 0 Å². The first-order valence-corrected chi connectivity index (χ1v) is 6.12. The Balaban J connectivity index is 2.04. The summed E-state index contributed by atoms with van der Waals surface area (Å²) in [6.45, 7) is 0.120. The van der Waals surface area contributed by atoms with E-state index in [-0.39, 0.29) is 12.2 Å². The number of hydrogen-bond donors (Lipinski definition) is 1. The van der Waals surface area contributed by atoms with Crippen molar-refractivity contribution in [3.63, 3.8) is 0 Å². The molecule has 2 aromatic rings. The van der Waals surface area contributed by atoms with E-state index in [1.54, 1.807) is 18.2 Å². The Bertz CT molecular complexity index is 579. The Morgan fingerprint density at radius 2 is 2.22 bits per heavy atom. The topological polar surface area (TPSA) is 59.7 Å². The van der Waals surface area contributed by atoms with Gasteiger partial charge in [0.05, 0.1) is 10.6 Å². The van der Waals surface area contributed by atoms with Crippen LogP contribution in [0.1, 0.15) is 16.1 Å². The predicted molar refractivity (Wildman–Crippen MR) is 69.2 cm³/mol. The van der Waals surface area contributed by atoms with Crippen molar-refractivity contribution in [2.24, 2.45) is 0 Å². The highest BCUT2D eigenvalue weighted by molar-refractivity contribution is 9.10. The molecule has 0 radical (unpaired) electrons. The molecule has 0 fully saturated rings. The molecule has 1 aromatic heterocycles. The van der Waals surface area contributed by atoms with Gasteiger partial charge in [0, 0.05) is 4.47 Å². The fourth-order valence-corrected chi connectivity index (χ4v) is 2.04. The van der Waals surface area contributed by atoms with Crippen LogP contribution >= 0.6 is 27.5 Å². The Labute approximate surface area is 116 Å². The molecule has 0 aliphatic carbocycles. The molecular weight excluding hydrogens is 323 g/mol. The zero-order valence-corrected chi connectivity index (χ0v) is 11.4. The zero-order valence-electron chi connectivity index (χ0n) is 9.02. The van der Waals surface area contributed by atoms with Gasteiger partial charge in [-0.15, -0.1) is 0 Å². The van der Waals surface area contributed by atoms with Crippen molar-refractivity contribution in [3.05, 3.63) is 51.3 Å². The standard InChI is InChI=1S/C12H8BrClO4/c13-8-1-2-11(10(14)4-8)18-6-9-3-7(5-17-9)12(15)16/h1-5H,6H2,(H,15,16). The second kappa shape index (κ2) is 5.46. The van der Waals surface area contributed by atoms with E-state index < -0.39 is 5.97 Å². The Morgan fingerprint density at radius 3 is 2.83 bits per heavy atom. The number of hydrogen-bond acceptors (Lipinski definition) is 3. The molecule has 0 saturated carbocycles. The number of ether oxygens (including phenoxy) is 1.